The molecule has 0 aliphatic carbocycles. The first-order chi connectivity index (χ1) is 10.6. The molecule has 0 amide bonds. The van der Waals surface area contributed by atoms with E-state index < -0.39 is 10.0 Å². The molecule has 1 fully saturated rings. The summed E-state index contributed by atoms with van der Waals surface area (Å²) in [6.45, 7) is 11.5. The highest BCUT2D eigenvalue weighted by Crippen LogP contribution is 2.31. The third kappa shape index (κ3) is 4.31. The third-order valence-corrected chi connectivity index (χ3v) is 6.99. The van der Waals surface area contributed by atoms with Crippen LogP contribution in [0.4, 0.5) is 0 Å². The van der Waals surface area contributed by atoms with E-state index in [9.17, 15) is 8.42 Å². The first-order valence-electron chi connectivity index (χ1n) is 8.36. The Morgan fingerprint density at radius 2 is 1.54 bits per heavy atom. The average molecular weight is 375 g/mol. The van der Waals surface area contributed by atoms with Crippen LogP contribution in [0.1, 0.15) is 50.3 Å². The van der Waals surface area contributed by atoms with E-state index in [4.69, 9.17) is 0 Å². The molecule has 0 unspecified atom stereocenters. The molecule has 0 saturated carbocycles. The molecule has 24 heavy (non-hydrogen) atoms. The van der Waals surface area contributed by atoms with Crippen LogP contribution in [0.3, 0.4) is 0 Å². The zero-order chi connectivity index (χ0) is 17.4. The fraction of sp³-hybridized carbons (Fsp3) is 0.667. The van der Waals surface area contributed by atoms with Crippen molar-refractivity contribution in [3.05, 3.63) is 28.8 Å². The number of benzene rings is 1. The van der Waals surface area contributed by atoms with E-state index in [0.29, 0.717) is 24.0 Å². The highest BCUT2D eigenvalue weighted by Gasteiger charge is 2.31. The second-order valence-corrected chi connectivity index (χ2v) is 9.53. The number of hydrogen-bond acceptors (Lipinski definition) is 3. The Labute approximate surface area is 153 Å². The molecule has 1 saturated heterocycles. The predicted octanol–water partition coefficient (Wildman–Crippen LogP) is 3.40. The summed E-state index contributed by atoms with van der Waals surface area (Å²) >= 11 is 0. The molecular formula is C18H31ClN2O2S. The Hall–Kier alpha value is -0.620. The summed E-state index contributed by atoms with van der Waals surface area (Å²) in [4.78, 5) is 0.494. The van der Waals surface area contributed by atoms with Crippen LogP contribution < -0.4 is 5.32 Å². The molecule has 0 atom stereocenters. The normalized spacial score (nSPS) is 17.6. The van der Waals surface area contributed by atoms with E-state index in [0.717, 1.165) is 24.0 Å². The van der Waals surface area contributed by atoms with Crippen molar-refractivity contribution < 1.29 is 8.42 Å². The van der Waals surface area contributed by atoms with Gasteiger partial charge in [-0.05, 0) is 55.8 Å². The van der Waals surface area contributed by atoms with Gasteiger partial charge < -0.3 is 5.32 Å². The van der Waals surface area contributed by atoms with Gasteiger partial charge >= 0.3 is 0 Å². The molecule has 1 aliphatic rings. The van der Waals surface area contributed by atoms with Gasteiger partial charge in [0.2, 0.25) is 10.0 Å². The number of aryl methyl sites for hydroxylation is 2. The summed E-state index contributed by atoms with van der Waals surface area (Å²) in [5.41, 5.74) is 2.90. The van der Waals surface area contributed by atoms with Crippen LogP contribution in [-0.4, -0.2) is 38.9 Å². The molecule has 2 rings (SSSR count). The fourth-order valence-corrected chi connectivity index (χ4v) is 5.19. The van der Waals surface area contributed by atoms with Gasteiger partial charge in [-0.1, -0.05) is 32.9 Å². The van der Waals surface area contributed by atoms with Gasteiger partial charge in [0.15, 0.2) is 0 Å². The molecule has 0 bridgehead atoms. The number of piperidine rings is 1. The standard InChI is InChI=1S/C18H30N2O2S.ClH/c1-13-11-15(18(3,4)5)12-14(2)17(13)23(21,22)20-9-7-16(19-6)8-10-20;/h11-12,16,19H,7-10H2,1-6H3;1H. The first kappa shape index (κ1) is 21.4. The Morgan fingerprint density at radius 3 is 1.92 bits per heavy atom. The second-order valence-electron chi connectivity index (χ2n) is 7.66. The maximum atomic E-state index is 13.1. The highest BCUT2D eigenvalue weighted by atomic mass is 35.5. The van der Waals surface area contributed by atoms with E-state index in [2.05, 4.69) is 26.1 Å². The third-order valence-electron chi connectivity index (χ3n) is 4.79. The van der Waals surface area contributed by atoms with Gasteiger partial charge in [0.05, 0.1) is 4.90 Å². The van der Waals surface area contributed by atoms with E-state index in [1.165, 1.54) is 5.56 Å². The minimum atomic E-state index is -3.41. The minimum absolute atomic E-state index is 0. The van der Waals surface area contributed by atoms with E-state index >= 15 is 0 Å². The summed E-state index contributed by atoms with van der Waals surface area (Å²) in [7, 11) is -1.47. The lowest BCUT2D eigenvalue weighted by Gasteiger charge is -2.32. The molecule has 1 aliphatic heterocycles. The summed E-state index contributed by atoms with van der Waals surface area (Å²) in [6, 6.07) is 4.48. The van der Waals surface area contributed by atoms with E-state index in [1.807, 2.05) is 33.0 Å². The zero-order valence-corrected chi connectivity index (χ0v) is 17.3. The van der Waals surface area contributed by atoms with Crippen molar-refractivity contribution in [2.24, 2.45) is 0 Å². The number of nitrogens with one attached hydrogen (secondary N) is 1. The number of halogens is 1. The Morgan fingerprint density at radius 1 is 1.08 bits per heavy atom. The molecule has 1 aromatic rings. The van der Waals surface area contributed by atoms with Crippen molar-refractivity contribution in [1.29, 1.82) is 0 Å². The van der Waals surface area contributed by atoms with Gasteiger partial charge in [0, 0.05) is 19.1 Å². The van der Waals surface area contributed by atoms with Gasteiger partial charge in [-0.3, -0.25) is 0 Å². The van der Waals surface area contributed by atoms with Crippen molar-refractivity contribution in [3.8, 4) is 0 Å². The number of hydrogen-bond donors (Lipinski definition) is 1. The lowest BCUT2D eigenvalue weighted by atomic mass is 9.85. The van der Waals surface area contributed by atoms with Crippen LogP contribution in [0.2, 0.25) is 0 Å². The lowest BCUT2D eigenvalue weighted by Crippen LogP contribution is -2.44. The molecule has 6 heteroatoms. The quantitative estimate of drug-likeness (QED) is 0.882. The molecule has 1 N–H and O–H groups in total. The van der Waals surface area contributed by atoms with E-state index in [-0.39, 0.29) is 17.8 Å². The van der Waals surface area contributed by atoms with Crippen molar-refractivity contribution in [2.45, 2.75) is 63.8 Å². The smallest absolute Gasteiger partial charge is 0.243 e. The first-order valence-corrected chi connectivity index (χ1v) is 9.80. The summed E-state index contributed by atoms with van der Waals surface area (Å²) in [5.74, 6) is 0. The molecule has 1 aromatic carbocycles. The van der Waals surface area contributed by atoms with Crippen LogP contribution in [0.5, 0.6) is 0 Å². The van der Waals surface area contributed by atoms with E-state index in [1.54, 1.807) is 4.31 Å². The lowest BCUT2D eigenvalue weighted by molar-refractivity contribution is 0.298. The molecule has 138 valence electrons. The molecule has 0 radical (unpaired) electrons. The minimum Gasteiger partial charge on any atom is -0.317 e. The Balaban J connectivity index is 0.00000288. The fourth-order valence-electron chi connectivity index (χ4n) is 3.30. The monoisotopic (exact) mass is 374 g/mol. The summed E-state index contributed by atoms with van der Waals surface area (Å²) < 4.78 is 27.8. The van der Waals surface area contributed by atoms with Crippen molar-refractivity contribution in [3.63, 3.8) is 0 Å². The Bertz CT molecular complexity index is 650. The topological polar surface area (TPSA) is 49.4 Å². The SMILES string of the molecule is CNC1CCN(S(=O)(=O)c2c(C)cc(C(C)(C)C)cc2C)CC1.Cl. The largest absolute Gasteiger partial charge is 0.317 e. The van der Waals surface area contributed by atoms with Crippen LogP contribution >= 0.6 is 12.4 Å². The number of rotatable bonds is 3. The van der Waals surface area contributed by atoms with Crippen molar-refractivity contribution >= 4 is 22.4 Å². The molecule has 1 heterocycles. The zero-order valence-electron chi connectivity index (χ0n) is 15.6. The van der Waals surface area contributed by atoms with Crippen molar-refractivity contribution in [1.82, 2.24) is 9.62 Å². The number of sulfonamides is 1. The Kier molecular flexibility index (Phi) is 6.90. The van der Waals surface area contributed by atoms with Crippen molar-refractivity contribution in [2.75, 3.05) is 20.1 Å². The van der Waals surface area contributed by atoms with Crippen LogP contribution in [0.25, 0.3) is 0 Å². The average Bonchev–Trinajstić information content (AvgIpc) is 2.45. The predicted molar refractivity (Wildman–Crippen MR) is 103 cm³/mol. The van der Waals surface area contributed by atoms with Gasteiger partial charge in [-0.2, -0.15) is 4.31 Å². The van der Waals surface area contributed by atoms with Crippen LogP contribution in [0, 0.1) is 13.8 Å². The van der Waals surface area contributed by atoms with Gasteiger partial charge in [-0.15, -0.1) is 12.4 Å². The number of nitrogens with zero attached hydrogens (tertiary/aromatic N) is 1. The molecule has 0 aromatic heterocycles. The maximum absolute atomic E-state index is 13.1. The second kappa shape index (κ2) is 7.73. The van der Waals surface area contributed by atoms with Gasteiger partial charge in [0.1, 0.15) is 0 Å². The summed E-state index contributed by atoms with van der Waals surface area (Å²) in [5, 5.41) is 3.24. The summed E-state index contributed by atoms with van der Waals surface area (Å²) in [6.07, 6.45) is 1.74. The maximum Gasteiger partial charge on any atom is 0.243 e. The molecule has 4 nitrogen and oxygen atoms in total. The van der Waals surface area contributed by atoms with Gasteiger partial charge in [-0.25, -0.2) is 8.42 Å². The van der Waals surface area contributed by atoms with Crippen LogP contribution in [0.15, 0.2) is 17.0 Å². The van der Waals surface area contributed by atoms with Crippen LogP contribution in [-0.2, 0) is 15.4 Å². The van der Waals surface area contributed by atoms with Gasteiger partial charge in [0.25, 0.3) is 0 Å². The molecular weight excluding hydrogens is 344 g/mol. The highest BCUT2D eigenvalue weighted by molar-refractivity contribution is 7.89. The molecule has 0 spiro atoms.